The first-order valence-electron chi connectivity index (χ1n) is 16.5. The van der Waals surface area contributed by atoms with Crippen LogP contribution in [-0.4, -0.2) is 55.1 Å². The van der Waals surface area contributed by atoms with E-state index >= 15 is 0 Å². The summed E-state index contributed by atoms with van der Waals surface area (Å²) >= 11 is 0. The number of halogens is 6. The number of ether oxygens (including phenoxy) is 1. The van der Waals surface area contributed by atoms with Crippen LogP contribution in [0.4, 0.5) is 36.8 Å². The number of alkyl halides is 6. The normalized spacial score (nSPS) is 17.6. The molecule has 280 valence electrons. The van der Waals surface area contributed by atoms with Crippen molar-refractivity contribution < 1.29 is 54.2 Å². The van der Waals surface area contributed by atoms with Crippen LogP contribution in [0.25, 0.3) is 11.1 Å². The molecule has 2 aliphatic carbocycles. The second kappa shape index (κ2) is 12.9. The Hall–Kier alpha value is -5.40. The van der Waals surface area contributed by atoms with Crippen molar-refractivity contribution in [2.45, 2.75) is 54.2 Å². The van der Waals surface area contributed by atoms with Crippen molar-refractivity contribution in [2.75, 3.05) is 17.7 Å². The Morgan fingerprint density at radius 2 is 1.44 bits per heavy atom. The van der Waals surface area contributed by atoms with Gasteiger partial charge in [0, 0.05) is 17.2 Å². The van der Waals surface area contributed by atoms with Crippen molar-refractivity contribution >= 4 is 27.5 Å². The third kappa shape index (κ3) is 6.24. The molecule has 4 aromatic rings. The molecular weight excluding hydrogens is 740 g/mol. The lowest BCUT2D eigenvalue weighted by Crippen LogP contribution is -2.53. The first kappa shape index (κ1) is 36.9. The van der Waals surface area contributed by atoms with Gasteiger partial charge in [0.2, 0.25) is 0 Å². The van der Waals surface area contributed by atoms with Gasteiger partial charge < -0.3 is 15.2 Å². The number of hydrogen-bond acceptors (Lipinski definition) is 7. The highest BCUT2D eigenvalue weighted by molar-refractivity contribution is 7.91. The van der Waals surface area contributed by atoms with Crippen LogP contribution in [-0.2, 0) is 31.5 Å². The highest BCUT2D eigenvalue weighted by Crippen LogP contribution is 2.51. The zero-order valence-corrected chi connectivity index (χ0v) is 28.7. The molecule has 2 N–H and O–H groups in total. The van der Waals surface area contributed by atoms with E-state index in [0.29, 0.717) is 25.0 Å². The number of nitrogens with one attached hydrogen (secondary N) is 1. The summed E-state index contributed by atoms with van der Waals surface area (Å²) in [5.74, 6) is -1.70. The quantitative estimate of drug-likeness (QED) is 0.177. The Kier molecular flexibility index (Phi) is 8.81. The van der Waals surface area contributed by atoms with Gasteiger partial charge in [-0.05, 0) is 70.5 Å². The molecule has 1 unspecified atom stereocenters. The molecule has 1 heterocycles. The minimum atomic E-state index is -6.12. The lowest BCUT2D eigenvalue weighted by atomic mass is 9.92. The van der Waals surface area contributed by atoms with E-state index in [1.807, 2.05) is 54.6 Å². The molecule has 1 fully saturated rings. The summed E-state index contributed by atoms with van der Waals surface area (Å²) in [5.41, 5.74) is -3.75. The predicted molar refractivity (Wildman–Crippen MR) is 180 cm³/mol. The minimum Gasteiger partial charge on any atom is -0.448 e. The van der Waals surface area contributed by atoms with Crippen LogP contribution in [0, 0.1) is 16.7 Å². The highest BCUT2D eigenvalue weighted by Gasteiger charge is 2.71. The smallest absolute Gasteiger partial charge is 0.430 e. The van der Waals surface area contributed by atoms with Gasteiger partial charge in [0.15, 0.2) is 9.84 Å². The SMILES string of the molecule is N#CC1(CS(=O)(=O)c2ccc3c(c2)CN(C(=O)OCC2c4ccccc4-c4ccccc42)C3C(=O)Nc2ccc(C(O)(C(F)(F)F)C(F)(F)F)cc2)CC1. The van der Waals surface area contributed by atoms with E-state index in [9.17, 15) is 54.7 Å². The standard InChI is InChI=1S/C38H29F6N3O6S/c39-37(40,41)36(50,38(42,43)44)23-9-11-24(12-10-23)46-33(48)32-26-14-13-25(54(51,52)21-35(20-45)15-16-35)17-22(26)18-47(32)34(49)53-19-31-29-7-3-1-5-27(29)28-6-2-4-8-30(28)31/h1-14,17,31-32,50H,15-16,18-19,21H2,(H,46,48). The van der Waals surface area contributed by atoms with Gasteiger partial charge in [0.05, 0.1) is 28.7 Å². The van der Waals surface area contributed by atoms with Gasteiger partial charge in [-0.15, -0.1) is 0 Å². The van der Waals surface area contributed by atoms with Crippen LogP contribution in [0.3, 0.4) is 0 Å². The Morgan fingerprint density at radius 3 is 1.98 bits per heavy atom. The number of carbonyl (C=O) groups excluding carboxylic acids is 2. The van der Waals surface area contributed by atoms with Crippen LogP contribution in [0.5, 0.6) is 0 Å². The van der Waals surface area contributed by atoms with Crippen molar-refractivity contribution in [2.24, 2.45) is 5.41 Å². The number of aliphatic hydroxyl groups is 1. The summed E-state index contributed by atoms with van der Waals surface area (Å²) in [4.78, 5) is 28.6. The summed E-state index contributed by atoms with van der Waals surface area (Å²) in [6.07, 6.45) is -12.3. The van der Waals surface area contributed by atoms with Gasteiger partial charge in [-0.1, -0.05) is 66.7 Å². The lowest BCUT2D eigenvalue weighted by molar-refractivity contribution is -0.376. The van der Waals surface area contributed by atoms with Crippen LogP contribution in [0.1, 0.15) is 52.6 Å². The number of nitrogens with zero attached hydrogens (tertiary/aromatic N) is 2. The van der Waals surface area contributed by atoms with Gasteiger partial charge in [-0.25, -0.2) is 13.2 Å². The Labute approximate surface area is 304 Å². The van der Waals surface area contributed by atoms with Gasteiger partial charge in [0.1, 0.15) is 12.6 Å². The fourth-order valence-electron chi connectivity index (χ4n) is 7.13. The van der Waals surface area contributed by atoms with Crippen molar-refractivity contribution in [1.82, 2.24) is 4.90 Å². The average Bonchev–Trinajstić information content (AvgIpc) is 3.66. The van der Waals surface area contributed by atoms with E-state index in [0.717, 1.165) is 39.3 Å². The largest absolute Gasteiger partial charge is 0.448 e. The van der Waals surface area contributed by atoms with E-state index in [2.05, 4.69) is 5.32 Å². The fraction of sp³-hybridized carbons (Fsp3) is 0.289. The molecule has 16 heteroatoms. The van der Waals surface area contributed by atoms with E-state index in [4.69, 9.17) is 4.74 Å². The van der Waals surface area contributed by atoms with Crippen LogP contribution < -0.4 is 5.32 Å². The summed E-state index contributed by atoms with van der Waals surface area (Å²) in [7, 11) is -3.97. The minimum absolute atomic E-state index is 0.131. The molecule has 1 aliphatic heterocycles. The Morgan fingerprint density at radius 1 is 0.870 bits per heavy atom. The zero-order chi connectivity index (χ0) is 38.8. The molecular formula is C38H29F6N3O6S. The van der Waals surface area contributed by atoms with Gasteiger partial charge in [-0.3, -0.25) is 9.69 Å². The number of carbonyl (C=O) groups is 2. The third-order valence-electron chi connectivity index (χ3n) is 10.2. The van der Waals surface area contributed by atoms with E-state index in [1.54, 1.807) is 0 Å². The third-order valence-corrected chi connectivity index (χ3v) is 12.1. The number of fused-ring (bicyclic) bond motifs is 4. The fourth-order valence-corrected chi connectivity index (χ4v) is 8.98. The monoisotopic (exact) mass is 769 g/mol. The summed E-state index contributed by atoms with van der Waals surface area (Å²) in [6.45, 7) is -0.424. The molecule has 0 saturated heterocycles. The number of nitriles is 1. The second-order valence-electron chi connectivity index (χ2n) is 13.6. The maximum absolute atomic E-state index is 13.9. The van der Waals surface area contributed by atoms with Crippen molar-refractivity contribution in [3.05, 3.63) is 119 Å². The molecule has 1 saturated carbocycles. The molecule has 4 aromatic carbocycles. The highest BCUT2D eigenvalue weighted by atomic mass is 32.2. The van der Waals surface area contributed by atoms with Gasteiger partial charge in [-0.2, -0.15) is 31.6 Å². The summed E-state index contributed by atoms with van der Waals surface area (Å²) in [5, 5.41) is 21.6. The molecule has 54 heavy (non-hydrogen) atoms. The summed E-state index contributed by atoms with van der Waals surface area (Å²) < 4.78 is 113. The molecule has 3 aliphatic rings. The number of sulfone groups is 1. The van der Waals surface area contributed by atoms with Crippen molar-refractivity contribution in [3.8, 4) is 17.2 Å². The molecule has 0 radical (unpaired) electrons. The van der Waals surface area contributed by atoms with E-state index < -0.39 is 62.6 Å². The molecule has 2 amide bonds. The molecule has 7 rings (SSSR count). The topological polar surface area (TPSA) is 137 Å². The van der Waals surface area contributed by atoms with Crippen LogP contribution >= 0.6 is 0 Å². The first-order valence-corrected chi connectivity index (χ1v) is 18.2. The number of amides is 2. The van der Waals surface area contributed by atoms with Gasteiger partial charge in [0.25, 0.3) is 11.5 Å². The Balaban J connectivity index is 1.17. The Bertz CT molecular complexity index is 2260. The van der Waals surface area contributed by atoms with Crippen molar-refractivity contribution in [3.63, 3.8) is 0 Å². The molecule has 9 nitrogen and oxygen atoms in total. The summed E-state index contributed by atoms with van der Waals surface area (Å²) in [6, 6.07) is 21.8. The number of benzene rings is 4. The lowest BCUT2D eigenvalue weighted by Gasteiger charge is -2.32. The van der Waals surface area contributed by atoms with Gasteiger partial charge >= 0.3 is 18.4 Å². The first-order chi connectivity index (χ1) is 25.4. The molecule has 0 spiro atoms. The maximum Gasteiger partial charge on any atom is 0.430 e. The van der Waals surface area contributed by atoms with Crippen molar-refractivity contribution in [1.29, 1.82) is 5.26 Å². The van der Waals surface area contributed by atoms with E-state index in [1.165, 1.54) is 18.2 Å². The molecule has 0 bridgehead atoms. The van der Waals surface area contributed by atoms with Crippen LogP contribution in [0.15, 0.2) is 95.9 Å². The molecule has 0 aromatic heterocycles. The number of anilines is 1. The average molecular weight is 770 g/mol. The van der Waals surface area contributed by atoms with Crippen LogP contribution in [0.2, 0.25) is 0 Å². The predicted octanol–water partition coefficient (Wildman–Crippen LogP) is 7.52. The second-order valence-corrected chi connectivity index (χ2v) is 15.6. The number of hydrogen-bond donors (Lipinski definition) is 2. The van der Waals surface area contributed by atoms with E-state index in [-0.39, 0.29) is 40.8 Å². The zero-order valence-electron chi connectivity index (χ0n) is 27.9. The molecule has 1 atom stereocenters. The number of rotatable bonds is 8. The maximum atomic E-state index is 13.9.